The molecule has 5 nitrogen and oxygen atoms in total. The van der Waals surface area contributed by atoms with Crippen molar-refractivity contribution in [2.24, 2.45) is 0 Å². The van der Waals surface area contributed by atoms with E-state index >= 15 is 0 Å². The monoisotopic (exact) mass is 628 g/mol. The lowest BCUT2D eigenvalue weighted by Gasteiger charge is -2.30. The second-order valence-corrected chi connectivity index (χ2v) is 12.5. The molecule has 0 spiro atoms. The number of aliphatic hydroxyl groups excluding tert-OH is 1. The predicted octanol–water partition coefficient (Wildman–Crippen LogP) is 8.58. The number of nitrogens with one attached hydrogen (secondary N) is 2. The second-order valence-electron chi connectivity index (χ2n) is 11.7. The molecular weight excluding hydrogens is 576 g/mol. The van der Waals surface area contributed by atoms with E-state index in [1.165, 1.54) is 57.4 Å². The van der Waals surface area contributed by atoms with Gasteiger partial charge in [-0.15, -0.1) is 0 Å². The summed E-state index contributed by atoms with van der Waals surface area (Å²) in [5.74, 6) is 0.597. The van der Waals surface area contributed by atoms with Crippen molar-refractivity contribution in [3.63, 3.8) is 0 Å². The van der Waals surface area contributed by atoms with Gasteiger partial charge in [0.1, 0.15) is 0 Å². The molecule has 1 saturated carbocycles. The molecule has 41 heavy (non-hydrogen) atoms. The largest absolute Gasteiger partial charge is 0.391 e. The fraction of sp³-hybridized carbons (Fsp3) is 0.600. The molecule has 228 valence electrons. The maximum Gasteiger partial charge on any atom is 0.164 e. The van der Waals surface area contributed by atoms with E-state index in [9.17, 15) is 14.7 Å². The standard InChI is InChI=1S/C12H19NO2.C12H15NO.C9H11Br.2CH4/c14-10-5-3-4-9(8-10)13-11-6-1-2-7-12(11)15;14-11-7-3-6-10-12(11)8-4-1-2-5-9(8)13-10;1-6-4-7(2)9(10)8(3)5-6;;/h8,11-13,15H,1-7H2;13H,1-7H2;4-5H,1-3H3;2*1H4. The summed E-state index contributed by atoms with van der Waals surface area (Å²) >= 11 is 3.51. The minimum absolute atomic E-state index is 0. The summed E-state index contributed by atoms with van der Waals surface area (Å²) in [6.07, 6.45) is 15.9. The van der Waals surface area contributed by atoms with Gasteiger partial charge in [0.15, 0.2) is 11.6 Å². The molecule has 1 heterocycles. The lowest BCUT2D eigenvalue weighted by Crippen LogP contribution is -2.42. The number of halogens is 1. The smallest absolute Gasteiger partial charge is 0.164 e. The van der Waals surface area contributed by atoms with E-state index in [1.54, 1.807) is 6.08 Å². The fourth-order valence-electron chi connectivity index (χ4n) is 6.41. The molecule has 4 aliphatic rings. The zero-order valence-corrected chi connectivity index (χ0v) is 25.5. The van der Waals surface area contributed by atoms with Gasteiger partial charge in [0, 0.05) is 46.0 Å². The lowest BCUT2D eigenvalue weighted by atomic mass is 9.88. The van der Waals surface area contributed by atoms with Gasteiger partial charge in [-0.2, -0.15) is 0 Å². The fourth-order valence-corrected chi connectivity index (χ4v) is 6.64. The number of aliphatic hydroxyl groups is 1. The first kappa shape index (κ1) is 35.0. The molecular formula is C35H53BrN2O3. The molecule has 2 unspecified atom stereocenters. The van der Waals surface area contributed by atoms with Crippen molar-refractivity contribution in [1.29, 1.82) is 0 Å². The van der Waals surface area contributed by atoms with Crippen LogP contribution in [0, 0.1) is 20.8 Å². The van der Waals surface area contributed by atoms with Crippen LogP contribution in [0.15, 0.2) is 28.4 Å². The summed E-state index contributed by atoms with van der Waals surface area (Å²) < 4.78 is 1.23. The Bertz CT molecular complexity index is 1190. The number of hydrogen-bond acceptors (Lipinski definition) is 4. The van der Waals surface area contributed by atoms with Crippen LogP contribution < -0.4 is 5.32 Å². The predicted molar refractivity (Wildman–Crippen MR) is 175 cm³/mol. The van der Waals surface area contributed by atoms with Crippen LogP contribution in [0.2, 0.25) is 0 Å². The highest BCUT2D eigenvalue weighted by Gasteiger charge is 2.27. The van der Waals surface area contributed by atoms with Gasteiger partial charge in [-0.3, -0.25) is 9.59 Å². The molecule has 0 aliphatic heterocycles. The highest BCUT2D eigenvalue weighted by molar-refractivity contribution is 9.10. The molecule has 1 aromatic heterocycles. The maximum atomic E-state index is 11.8. The van der Waals surface area contributed by atoms with Gasteiger partial charge in [-0.25, -0.2) is 0 Å². The van der Waals surface area contributed by atoms with Crippen LogP contribution in [0.1, 0.15) is 129 Å². The Morgan fingerprint density at radius 3 is 2.12 bits per heavy atom. The molecule has 1 aromatic carbocycles. The van der Waals surface area contributed by atoms with E-state index < -0.39 is 0 Å². The molecule has 2 atom stereocenters. The number of hydrogen-bond donors (Lipinski definition) is 3. The van der Waals surface area contributed by atoms with Crippen molar-refractivity contribution in [3.8, 4) is 0 Å². The SMILES string of the molecule is C.C.Cc1cc(C)c(Br)c(C)c1.O=C1C=C(NC2CCCCC2O)CCC1.O=C1CCCc2[nH]c3c(c21)CCCC3. The van der Waals surface area contributed by atoms with Crippen molar-refractivity contribution >= 4 is 27.5 Å². The summed E-state index contributed by atoms with van der Waals surface area (Å²) in [7, 11) is 0. The molecule has 0 saturated heterocycles. The third-order valence-electron chi connectivity index (χ3n) is 8.37. The van der Waals surface area contributed by atoms with Crippen molar-refractivity contribution in [1.82, 2.24) is 10.3 Å². The van der Waals surface area contributed by atoms with Gasteiger partial charge in [0.05, 0.1) is 12.1 Å². The van der Waals surface area contributed by atoms with Gasteiger partial charge in [0.2, 0.25) is 0 Å². The molecule has 3 N–H and O–H groups in total. The Morgan fingerprint density at radius 2 is 1.44 bits per heavy atom. The number of H-pyrrole nitrogens is 1. The first-order valence-corrected chi connectivity index (χ1v) is 15.7. The molecule has 6 rings (SSSR count). The average Bonchev–Trinajstić information content (AvgIpc) is 3.29. The number of ketones is 2. The van der Waals surface area contributed by atoms with Gasteiger partial charge in [0.25, 0.3) is 0 Å². The lowest BCUT2D eigenvalue weighted by molar-refractivity contribution is -0.115. The quantitative estimate of drug-likeness (QED) is 0.311. The Labute approximate surface area is 257 Å². The van der Waals surface area contributed by atoms with Gasteiger partial charge in [-0.05, 0) is 102 Å². The number of Topliss-reactive ketones (excluding diaryl/α,β-unsaturated/α-hetero) is 1. The van der Waals surface area contributed by atoms with Crippen molar-refractivity contribution in [2.45, 2.75) is 138 Å². The molecule has 0 bridgehead atoms. The highest BCUT2D eigenvalue weighted by Crippen LogP contribution is 2.31. The number of carbonyl (C=O) groups excluding carboxylic acids is 2. The van der Waals surface area contributed by atoms with Crippen molar-refractivity contribution in [2.75, 3.05) is 0 Å². The molecule has 1 fully saturated rings. The first-order valence-electron chi connectivity index (χ1n) is 14.9. The summed E-state index contributed by atoms with van der Waals surface area (Å²) in [5.41, 5.74) is 10.0. The number of aryl methyl sites for hydroxylation is 5. The number of carbonyl (C=O) groups is 2. The van der Waals surface area contributed by atoms with Crippen LogP contribution in [0.25, 0.3) is 0 Å². The highest BCUT2D eigenvalue weighted by atomic mass is 79.9. The summed E-state index contributed by atoms with van der Waals surface area (Å²) in [6, 6.07) is 4.52. The Morgan fingerprint density at radius 1 is 0.805 bits per heavy atom. The number of benzene rings is 1. The van der Waals surface area contributed by atoms with Gasteiger partial charge in [-0.1, -0.05) is 61.3 Å². The van der Waals surface area contributed by atoms with Crippen molar-refractivity contribution in [3.05, 3.63) is 67.6 Å². The van der Waals surface area contributed by atoms with E-state index in [2.05, 4.69) is 59.1 Å². The van der Waals surface area contributed by atoms with E-state index in [-0.39, 0.29) is 32.8 Å². The first-order chi connectivity index (χ1) is 18.7. The number of fused-ring (bicyclic) bond motifs is 3. The Balaban J connectivity index is 0.000000214. The second kappa shape index (κ2) is 16.5. The summed E-state index contributed by atoms with van der Waals surface area (Å²) in [4.78, 5) is 26.5. The van der Waals surface area contributed by atoms with E-state index in [1.807, 2.05) is 0 Å². The van der Waals surface area contributed by atoms with Crippen LogP contribution in [-0.2, 0) is 24.1 Å². The van der Waals surface area contributed by atoms with Crippen LogP contribution in [0.3, 0.4) is 0 Å². The van der Waals surface area contributed by atoms with E-state index in [0.717, 1.165) is 75.5 Å². The number of aromatic amines is 1. The zero-order valence-electron chi connectivity index (χ0n) is 23.9. The third-order valence-corrected chi connectivity index (χ3v) is 9.62. The Hall–Kier alpha value is -2.18. The number of rotatable bonds is 2. The van der Waals surface area contributed by atoms with Crippen molar-refractivity contribution < 1.29 is 14.7 Å². The maximum absolute atomic E-state index is 11.8. The molecule has 6 heteroatoms. The minimum Gasteiger partial charge on any atom is -0.391 e. The van der Waals surface area contributed by atoms with Crippen LogP contribution in [-0.4, -0.2) is 33.8 Å². The molecule has 2 aromatic rings. The minimum atomic E-state index is -0.239. The van der Waals surface area contributed by atoms with Crippen LogP contribution in [0.4, 0.5) is 0 Å². The summed E-state index contributed by atoms with van der Waals surface area (Å²) in [5, 5.41) is 13.1. The van der Waals surface area contributed by atoms with E-state index in [0.29, 0.717) is 12.2 Å². The third kappa shape index (κ3) is 9.41. The summed E-state index contributed by atoms with van der Waals surface area (Å²) in [6.45, 7) is 6.35. The van der Waals surface area contributed by atoms with Gasteiger partial charge < -0.3 is 15.4 Å². The van der Waals surface area contributed by atoms with Crippen LogP contribution >= 0.6 is 15.9 Å². The topological polar surface area (TPSA) is 82.2 Å². The van der Waals surface area contributed by atoms with Gasteiger partial charge >= 0.3 is 0 Å². The number of aromatic nitrogens is 1. The van der Waals surface area contributed by atoms with E-state index in [4.69, 9.17) is 0 Å². The Kier molecular flexibility index (Phi) is 14.1. The number of allylic oxidation sites excluding steroid dienone is 2. The molecule has 0 amide bonds. The van der Waals surface area contributed by atoms with Crippen LogP contribution in [0.5, 0.6) is 0 Å². The average molecular weight is 630 g/mol. The molecule has 0 radical (unpaired) electrons. The normalized spacial score (nSPS) is 21.2. The zero-order chi connectivity index (χ0) is 27.9. The molecule has 4 aliphatic carbocycles.